The normalized spacial score (nSPS) is 21.7. The van der Waals surface area contributed by atoms with Crippen LogP contribution in [0.15, 0.2) is 51.4 Å². The summed E-state index contributed by atoms with van der Waals surface area (Å²) in [5, 5.41) is 0. The minimum atomic E-state index is 0.279. The SMILES string of the molecule is CC1CN(Cc2ccc3oc(-c4ccccc4Br)nc3c2)CC(C)O1. The van der Waals surface area contributed by atoms with Crippen LogP contribution < -0.4 is 0 Å². The van der Waals surface area contributed by atoms with Gasteiger partial charge in [0.15, 0.2) is 5.58 Å². The molecule has 1 aliphatic rings. The molecule has 1 aliphatic heterocycles. The summed E-state index contributed by atoms with van der Waals surface area (Å²) in [5.41, 5.74) is 3.94. The van der Waals surface area contributed by atoms with Crippen molar-refractivity contribution in [2.45, 2.75) is 32.6 Å². The van der Waals surface area contributed by atoms with Crippen LogP contribution in [0.2, 0.25) is 0 Å². The van der Waals surface area contributed by atoms with Crippen LogP contribution in [0.1, 0.15) is 19.4 Å². The van der Waals surface area contributed by atoms with E-state index in [2.05, 4.69) is 51.8 Å². The molecular formula is C20H21BrN2O2. The van der Waals surface area contributed by atoms with Crippen LogP contribution in [0.5, 0.6) is 0 Å². The number of nitrogens with zero attached hydrogens (tertiary/aromatic N) is 2. The minimum Gasteiger partial charge on any atom is -0.436 e. The molecule has 0 aliphatic carbocycles. The molecule has 1 fully saturated rings. The second-order valence-electron chi connectivity index (χ2n) is 6.75. The van der Waals surface area contributed by atoms with Crippen LogP contribution in [0, 0.1) is 0 Å². The monoisotopic (exact) mass is 400 g/mol. The Balaban J connectivity index is 1.59. The van der Waals surface area contributed by atoms with E-state index in [9.17, 15) is 0 Å². The maximum atomic E-state index is 5.94. The first kappa shape index (κ1) is 16.8. The highest BCUT2D eigenvalue weighted by Crippen LogP contribution is 2.30. The number of rotatable bonds is 3. The molecule has 2 heterocycles. The predicted molar refractivity (Wildman–Crippen MR) is 102 cm³/mol. The molecule has 2 unspecified atom stereocenters. The van der Waals surface area contributed by atoms with Gasteiger partial charge < -0.3 is 9.15 Å². The van der Waals surface area contributed by atoms with Gasteiger partial charge in [-0.1, -0.05) is 18.2 Å². The van der Waals surface area contributed by atoms with Crippen LogP contribution in [0.4, 0.5) is 0 Å². The van der Waals surface area contributed by atoms with Crippen molar-refractivity contribution in [3.63, 3.8) is 0 Å². The number of halogens is 1. The number of hydrogen-bond acceptors (Lipinski definition) is 4. The van der Waals surface area contributed by atoms with Gasteiger partial charge in [0.2, 0.25) is 5.89 Å². The Morgan fingerprint density at radius 2 is 1.88 bits per heavy atom. The Kier molecular flexibility index (Phi) is 4.63. The largest absolute Gasteiger partial charge is 0.436 e. The van der Waals surface area contributed by atoms with Crippen molar-refractivity contribution in [1.29, 1.82) is 0 Å². The lowest BCUT2D eigenvalue weighted by atomic mass is 10.1. The first-order valence-electron chi connectivity index (χ1n) is 8.60. The molecule has 4 rings (SSSR count). The van der Waals surface area contributed by atoms with Crippen molar-refractivity contribution in [3.05, 3.63) is 52.5 Å². The molecule has 0 spiro atoms. The second-order valence-corrected chi connectivity index (χ2v) is 7.61. The second kappa shape index (κ2) is 6.90. The van der Waals surface area contributed by atoms with Gasteiger partial charge in [-0.3, -0.25) is 4.90 Å². The van der Waals surface area contributed by atoms with Gasteiger partial charge in [0.25, 0.3) is 0 Å². The standard InChI is InChI=1S/C20H21BrN2O2/c1-13-10-23(11-14(2)24-13)12-15-7-8-19-18(9-15)22-20(25-19)16-5-3-4-6-17(16)21/h3-9,13-14H,10-12H2,1-2H3. The van der Waals surface area contributed by atoms with Crippen molar-refractivity contribution in [2.75, 3.05) is 13.1 Å². The lowest BCUT2D eigenvalue weighted by Crippen LogP contribution is -2.44. The van der Waals surface area contributed by atoms with E-state index in [-0.39, 0.29) is 12.2 Å². The summed E-state index contributed by atoms with van der Waals surface area (Å²) in [5.74, 6) is 0.647. The molecule has 25 heavy (non-hydrogen) atoms. The average Bonchev–Trinajstić information content (AvgIpc) is 2.97. The van der Waals surface area contributed by atoms with E-state index >= 15 is 0 Å². The zero-order valence-corrected chi connectivity index (χ0v) is 16.0. The molecule has 2 atom stereocenters. The molecule has 0 N–H and O–H groups in total. The quantitative estimate of drug-likeness (QED) is 0.628. The summed E-state index contributed by atoms with van der Waals surface area (Å²) in [6.07, 6.45) is 0.558. The Morgan fingerprint density at radius 1 is 1.12 bits per heavy atom. The van der Waals surface area contributed by atoms with Crippen LogP contribution in [0.25, 0.3) is 22.6 Å². The number of benzene rings is 2. The summed E-state index contributed by atoms with van der Waals surface area (Å²) in [7, 11) is 0. The highest BCUT2D eigenvalue weighted by molar-refractivity contribution is 9.10. The molecule has 4 nitrogen and oxygen atoms in total. The summed E-state index contributed by atoms with van der Waals surface area (Å²) < 4.78 is 12.7. The van der Waals surface area contributed by atoms with Gasteiger partial charge in [0.1, 0.15) is 5.52 Å². The van der Waals surface area contributed by atoms with Crippen LogP contribution in [0.3, 0.4) is 0 Å². The van der Waals surface area contributed by atoms with Gasteiger partial charge in [-0.25, -0.2) is 4.98 Å². The maximum Gasteiger partial charge on any atom is 0.228 e. The smallest absolute Gasteiger partial charge is 0.228 e. The zero-order valence-electron chi connectivity index (χ0n) is 14.4. The van der Waals surface area contributed by atoms with Crippen molar-refractivity contribution < 1.29 is 9.15 Å². The van der Waals surface area contributed by atoms with Gasteiger partial charge in [0, 0.05) is 24.1 Å². The molecular weight excluding hydrogens is 380 g/mol. The predicted octanol–water partition coefficient (Wildman–Crippen LogP) is 4.87. The zero-order chi connectivity index (χ0) is 17.4. The molecule has 2 aromatic carbocycles. The lowest BCUT2D eigenvalue weighted by molar-refractivity contribution is -0.0704. The molecule has 0 amide bonds. The summed E-state index contributed by atoms with van der Waals surface area (Å²) in [6.45, 7) is 7.10. The minimum absolute atomic E-state index is 0.279. The molecule has 0 radical (unpaired) electrons. The van der Waals surface area contributed by atoms with Crippen molar-refractivity contribution in [1.82, 2.24) is 9.88 Å². The summed E-state index contributed by atoms with van der Waals surface area (Å²) in [4.78, 5) is 7.13. The van der Waals surface area contributed by atoms with E-state index in [1.165, 1.54) is 5.56 Å². The van der Waals surface area contributed by atoms with E-state index in [1.54, 1.807) is 0 Å². The van der Waals surface area contributed by atoms with Gasteiger partial charge in [-0.05, 0) is 59.6 Å². The van der Waals surface area contributed by atoms with E-state index in [0.29, 0.717) is 5.89 Å². The molecule has 1 aromatic heterocycles. The third-order valence-corrected chi connectivity index (χ3v) is 5.15. The van der Waals surface area contributed by atoms with Gasteiger partial charge in [0.05, 0.1) is 17.8 Å². The molecule has 5 heteroatoms. The molecule has 130 valence electrons. The van der Waals surface area contributed by atoms with Crippen molar-refractivity contribution in [3.8, 4) is 11.5 Å². The summed E-state index contributed by atoms with van der Waals surface area (Å²) in [6, 6.07) is 14.2. The Bertz CT molecular complexity index is 882. The number of ether oxygens (including phenoxy) is 1. The number of morpholine rings is 1. The van der Waals surface area contributed by atoms with E-state index in [0.717, 1.165) is 40.8 Å². The fraction of sp³-hybridized carbons (Fsp3) is 0.350. The molecule has 3 aromatic rings. The topological polar surface area (TPSA) is 38.5 Å². The van der Waals surface area contributed by atoms with Crippen LogP contribution >= 0.6 is 15.9 Å². The van der Waals surface area contributed by atoms with Gasteiger partial charge >= 0.3 is 0 Å². The highest BCUT2D eigenvalue weighted by Gasteiger charge is 2.22. The lowest BCUT2D eigenvalue weighted by Gasteiger charge is -2.35. The fourth-order valence-corrected chi connectivity index (χ4v) is 3.95. The van der Waals surface area contributed by atoms with Gasteiger partial charge in [-0.15, -0.1) is 0 Å². The number of aromatic nitrogens is 1. The molecule has 0 saturated carbocycles. The van der Waals surface area contributed by atoms with Crippen LogP contribution in [-0.2, 0) is 11.3 Å². The van der Waals surface area contributed by atoms with Crippen molar-refractivity contribution in [2.24, 2.45) is 0 Å². The number of oxazole rings is 1. The van der Waals surface area contributed by atoms with E-state index < -0.39 is 0 Å². The number of fused-ring (bicyclic) bond motifs is 1. The fourth-order valence-electron chi connectivity index (χ4n) is 3.49. The van der Waals surface area contributed by atoms with Gasteiger partial charge in [-0.2, -0.15) is 0 Å². The van der Waals surface area contributed by atoms with Crippen LogP contribution in [-0.4, -0.2) is 35.2 Å². The first-order valence-corrected chi connectivity index (χ1v) is 9.40. The van der Waals surface area contributed by atoms with Crippen molar-refractivity contribution >= 4 is 27.0 Å². The van der Waals surface area contributed by atoms with E-state index in [1.807, 2.05) is 30.3 Å². The highest BCUT2D eigenvalue weighted by atomic mass is 79.9. The third kappa shape index (κ3) is 3.64. The molecule has 0 bridgehead atoms. The Morgan fingerprint density at radius 3 is 2.64 bits per heavy atom. The Labute approximate surface area is 155 Å². The third-order valence-electron chi connectivity index (χ3n) is 4.46. The molecule has 1 saturated heterocycles. The maximum absolute atomic E-state index is 5.94. The summed E-state index contributed by atoms with van der Waals surface area (Å²) >= 11 is 3.56. The van der Waals surface area contributed by atoms with E-state index in [4.69, 9.17) is 9.15 Å². The number of hydrogen-bond donors (Lipinski definition) is 0. The Hall–Kier alpha value is -1.69. The first-order chi connectivity index (χ1) is 12.1. The average molecular weight is 401 g/mol.